The lowest BCUT2D eigenvalue weighted by Gasteiger charge is -2.17. The molecule has 112 valence electrons. The molecule has 2 aromatic rings. The van der Waals surface area contributed by atoms with E-state index in [1.54, 1.807) is 30.1 Å². The van der Waals surface area contributed by atoms with E-state index in [1.165, 1.54) is 17.6 Å². The van der Waals surface area contributed by atoms with E-state index in [1.807, 2.05) is 6.92 Å². The molecule has 0 aliphatic heterocycles. The van der Waals surface area contributed by atoms with Crippen molar-refractivity contribution in [2.45, 2.75) is 19.9 Å². The molecule has 0 saturated heterocycles. The van der Waals surface area contributed by atoms with Crippen LogP contribution in [0, 0.1) is 12.7 Å². The van der Waals surface area contributed by atoms with Gasteiger partial charge in [0.25, 0.3) is 0 Å². The summed E-state index contributed by atoms with van der Waals surface area (Å²) in [5, 5.41) is 6.68. The van der Waals surface area contributed by atoms with Crippen molar-refractivity contribution < 1.29 is 9.18 Å². The number of amides is 2. The normalized spacial score (nSPS) is 10.4. The highest BCUT2D eigenvalue weighted by molar-refractivity contribution is 7.05. The van der Waals surface area contributed by atoms with Crippen LogP contribution >= 0.6 is 11.5 Å². The van der Waals surface area contributed by atoms with Gasteiger partial charge in [0.15, 0.2) is 0 Å². The Morgan fingerprint density at radius 2 is 2.19 bits per heavy atom. The fraction of sp³-hybridized carbons (Fsp3) is 0.357. The summed E-state index contributed by atoms with van der Waals surface area (Å²) in [5.41, 5.74) is 1.44. The van der Waals surface area contributed by atoms with Gasteiger partial charge in [-0.25, -0.2) is 9.18 Å². The molecule has 21 heavy (non-hydrogen) atoms. The summed E-state index contributed by atoms with van der Waals surface area (Å²) in [7, 11) is 1.71. The SMILES string of the molecule is Cc1nnsc1CN(C)C(=O)NCCc1ccccc1F. The first kappa shape index (κ1) is 15.4. The number of hydrogen-bond acceptors (Lipinski definition) is 4. The van der Waals surface area contributed by atoms with Crippen molar-refractivity contribution in [1.29, 1.82) is 0 Å². The average molecular weight is 308 g/mol. The minimum absolute atomic E-state index is 0.195. The summed E-state index contributed by atoms with van der Waals surface area (Å²) < 4.78 is 17.3. The van der Waals surface area contributed by atoms with E-state index in [-0.39, 0.29) is 11.8 Å². The van der Waals surface area contributed by atoms with E-state index < -0.39 is 0 Å². The van der Waals surface area contributed by atoms with E-state index in [4.69, 9.17) is 0 Å². The second-order valence-electron chi connectivity index (χ2n) is 4.71. The third kappa shape index (κ3) is 4.22. The highest BCUT2D eigenvalue weighted by Gasteiger charge is 2.12. The van der Waals surface area contributed by atoms with E-state index >= 15 is 0 Å². The summed E-state index contributed by atoms with van der Waals surface area (Å²) in [6.45, 7) is 2.72. The second-order valence-corrected chi connectivity index (χ2v) is 5.55. The topological polar surface area (TPSA) is 58.1 Å². The molecule has 0 bridgehead atoms. The van der Waals surface area contributed by atoms with Crippen LogP contribution in [-0.2, 0) is 13.0 Å². The zero-order valence-corrected chi connectivity index (χ0v) is 12.8. The van der Waals surface area contributed by atoms with Crippen molar-refractivity contribution in [3.63, 3.8) is 0 Å². The maximum absolute atomic E-state index is 13.4. The number of nitrogens with one attached hydrogen (secondary N) is 1. The number of halogens is 1. The largest absolute Gasteiger partial charge is 0.338 e. The van der Waals surface area contributed by atoms with Crippen LogP contribution in [0.4, 0.5) is 9.18 Å². The van der Waals surface area contributed by atoms with E-state index in [9.17, 15) is 9.18 Å². The quantitative estimate of drug-likeness (QED) is 0.922. The Hall–Kier alpha value is -2.02. The van der Waals surface area contributed by atoms with Gasteiger partial charge in [-0.3, -0.25) is 0 Å². The molecule has 1 aromatic heterocycles. The fourth-order valence-electron chi connectivity index (χ4n) is 1.82. The second kappa shape index (κ2) is 7.12. The Morgan fingerprint density at radius 1 is 1.43 bits per heavy atom. The number of hydrogen-bond donors (Lipinski definition) is 1. The van der Waals surface area contributed by atoms with Crippen LogP contribution in [0.2, 0.25) is 0 Å². The fourth-order valence-corrected chi connectivity index (χ4v) is 2.51. The number of aryl methyl sites for hydroxylation is 1. The third-order valence-electron chi connectivity index (χ3n) is 3.10. The monoisotopic (exact) mass is 308 g/mol. The minimum atomic E-state index is -0.244. The van der Waals surface area contributed by atoms with Gasteiger partial charge < -0.3 is 10.2 Å². The van der Waals surface area contributed by atoms with E-state index in [2.05, 4.69) is 14.9 Å². The Morgan fingerprint density at radius 3 is 2.86 bits per heavy atom. The summed E-state index contributed by atoms with van der Waals surface area (Å²) >= 11 is 1.29. The molecule has 0 atom stereocenters. The first-order valence-electron chi connectivity index (χ1n) is 6.58. The first-order valence-corrected chi connectivity index (χ1v) is 7.35. The molecule has 1 aromatic carbocycles. The van der Waals surface area contributed by atoms with Crippen molar-refractivity contribution in [2.24, 2.45) is 0 Å². The molecular formula is C14H17FN4OS. The number of benzene rings is 1. The maximum atomic E-state index is 13.4. The first-order chi connectivity index (χ1) is 10.1. The minimum Gasteiger partial charge on any atom is -0.338 e. The molecule has 0 unspecified atom stereocenters. The lowest BCUT2D eigenvalue weighted by molar-refractivity contribution is 0.207. The van der Waals surface area contributed by atoms with Crippen LogP contribution < -0.4 is 5.32 Å². The van der Waals surface area contributed by atoms with Crippen LogP contribution in [0.25, 0.3) is 0 Å². The molecule has 0 spiro atoms. The molecule has 2 rings (SSSR count). The van der Waals surface area contributed by atoms with Crippen molar-refractivity contribution in [2.75, 3.05) is 13.6 Å². The van der Waals surface area contributed by atoms with Crippen LogP contribution in [0.15, 0.2) is 24.3 Å². The Bertz CT molecular complexity index is 617. The van der Waals surface area contributed by atoms with Crippen molar-refractivity contribution in [3.05, 3.63) is 46.2 Å². The molecule has 7 heteroatoms. The van der Waals surface area contributed by atoms with Crippen LogP contribution in [0.1, 0.15) is 16.1 Å². The number of urea groups is 1. The smallest absolute Gasteiger partial charge is 0.317 e. The predicted octanol–water partition coefficient (Wildman–Crippen LogP) is 2.37. The Labute approximate surface area is 127 Å². The number of carbonyl (C=O) groups excluding carboxylic acids is 1. The van der Waals surface area contributed by atoms with Gasteiger partial charge in [-0.05, 0) is 36.5 Å². The van der Waals surface area contributed by atoms with Gasteiger partial charge in [0.1, 0.15) is 5.82 Å². The molecule has 0 aliphatic rings. The zero-order valence-electron chi connectivity index (χ0n) is 12.0. The molecule has 0 saturated carbocycles. The number of carbonyl (C=O) groups is 1. The van der Waals surface area contributed by atoms with Crippen molar-refractivity contribution in [1.82, 2.24) is 19.8 Å². The molecule has 5 nitrogen and oxygen atoms in total. The van der Waals surface area contributed by atoms with Crippen LogP contribution in [0.3, 0.4) is 0 Å². The van der Waals surface area contributed by atoms with Gasteiger partial charge in [-0.15, -0.1) is 5.10 Å². The van der Waals surface area contributed by atoms with E-state index in [0.29, 0.717) is 25.1 Å². The van der Waals surface area contributed by atoms with Gasteiger partial charge in [0.05, 0.1) is 17.1 Å². The van der Waals surface area contributed by atoms with Gasteiger partial charge in [0, 0.05) is 13.6 Å². The highest BCUT2D eigenvalue weighted by Crippen LogP contribution is 2.11. The van der Waals surface area contributed by atoms with Crippen molar-refractivity contribution >= 4 is 17.6 Å². The summed E-state index contributed by atoms with van der Waals surface area (Å²) in [6, 6.07) is 6.38. The molecule has 0 fully saturated rings. The van der Waals surface area contributed by atoms with Crippen molar-refractivity contribution in [3.8, 4) is 0 Å². The number of rotatable bonds is 5. The Balaban J connectivity index is 1.79. The molecular weight excluding hydrogens is 291 g/mol. The molecule has 0 radical (unpaired) electrons. The highest BCUT2D eigenvalue weighted by atomic mass is 32.1. The summed E-state index contributed by atoms with van der Waals surface area (Å²) in [6.07, 6.45) is 0.466. The van der Waals surface area contributed by atoms with Gasteiger partial charge in [-0.2, -0.15) is 0 Å². The lowest BCUT2D eigenvalue weighted by atomic mass is 10.1. The standard InChI is InChI=1S/C14H17FN4OS/c1-10-13(21-18-17-10)9-19(2)14(20)16-8-7-11-5-3-4-6-12(11)15/h3-6H,7-9H2,1-2H3,(H,16,20). The van der Waals surface area contributed by atoms with Gasteiger partial charge in [0.2, 0.25) is 0 Å². The number of nitrogens with zero attached hydrogens (tertiary/aromatic N) is 3. The van der Waals surface area contributed by atoms with E-state index in [0.717, 1.165) is 10.6 Å². The van der Waals surface area contributed by atoms with Gasteiger partial charge in [-0.1, -0.05) is 22.7 Å². The zero-order chi connectivity index (χ0) is 15.2. The van der Waals surface area contributed by atoms with Gasteiger partial charge >= 0.3 is 6.03 Å². The van der Waals surface area contributed by atoms with Crippen LogP contribution in [-0.4, -0.2) is 34.1 Å². The summed E-state index contributed by atoms with van der Waals surface area (Å²) in [4.78, 5) is 14.5. The predicted molar refractivity (Wildman–Crippen MR) is 79.6 cm³/mol. The molecule has 1 N–H and O–H groups in total. The molecule has 1 heterocycles. The Kier molecular flexibility index (Phi) is 5.21. The summed E-state index contributed by atoms with van der Waals surface area (Å²) in [5.74, 6) is -0.244. The average Bonchev–Trinajstić information content (AvgIpc) is 2.86. The lowest BCUT2D eigenvalue weighted by Crippen LogP contribution is -2.37. The molecule has 0 aliphatic carbocycles. The maximum Gasteiger partial charge on any atom is 0.317 e. The molecule has 2 amide bonds. The van der Waals surface area contributed by atoms with Crippen LogP contribution in [0.5, 0.6) is 0 Å². The third-order valence-corrected chi connectivity index (χ3v) is 3.91. The number of aromatic nitrogens is 2.